The number of halogens is 1. The van der Waals surface area contributed by atoms with Gasteiger partial charge in [0.1, 0.15) is 11.5 Å². The van der Waals surface area contributed by atoms with Gasteiger partial charge in [-0.25, -0.2) is 0 Å². The maximum absolute atomic E-state index is 12.9. The van der Waals surface area contributed by atoms with E-state index < -0.39 is 0 Å². The fourth-order valence-electron chi connectivity index (χ4n) is 3.11. The Morgan fingerprint density at radius 3 is 2.31 bits per heavy atom. The van der Waals surface area contributed by atoms with Crippen LogP contribution in [0.3, 0.4) is 0 Å². The Morgan fingerprint density at radius 1 is 1.00 bits per heavy atom. The molecule has 2 aromatic rings. The molecule has 0 atom stereocenters. The third-order valence-corrected chi connectivity index (χ3v) is 4.87. The van der Waals surface area contributed by atoms with Gasteiger partial charge < -0.3 is 14.4 Å². The number of rotatable bonds is 5. The first kappa shape index (κ1) is 18.5. The molecular formula is C20H23ClN2O3. The molecule has 1 amide bonds. The van der Waals surface area contributed by atoms with Crippen molar-refractivity contribution < 1.29 is 14.3 Å². The summed E-state index contributed by atoms with van der Waals surface area (Å²) in [6.07, 6.45) is 0. The van der Waals surface area contributed by atoms with Crippen LogP contribution in [0.25, 0.3) is 0 Å². The van der Waals surface area contributed by atoms with Crippen molar-refractivity contribution in [1.29, 1.82) is 0 Å². The van der Waals surface area contributed by atoms with E-state index in [2.05, 4.69) is 4.90 Å². The van der Waals surface area contributed by atoms with Crippen LogP contribution in [-0.4, -0.2) is 56.1 Å². The molecule has 0 aromatic heterocycles. The normalized spacial score (nSPS) is 15.0. The predicted molar refractivity (Wildman–Crippen MR) is 102 cm³/mol. The van der Waals surface area contributed by atoms with E-state index >= 15 is 0 Å². The van der Waals surface area contributed by atoms with Gasteiger partial charge in [-0.15, -0.1) is 0 Å². The van der Waals surface area contributed by atoms with E-state index in [0.29, 0.717) is 30.2 Å². The molecule has 1 aliphatic heterocycles. The highest BCUT2D eigenvalue weighted by Crippen LogP contribution is 2.26. The van der Waals surface area contributed by atoms with E-state index in [1.807, 2.05) is 29.2 Å². The highest BCUT2D eigenvalue weighted by Gasteiger charge is 2.24. The van der Waals surface area contributed by atoms with Crippen molar-refractivity contribution >= 4 is 17.5 Å². The van der Waals surface area contributed by atoms with E-state index in [-0.39, 0.29) is 5.91 Å². The highest BCUT2D eigenvalue weighted by molar-refractivity contribution is 6.30. The molecule has 0 bridgehead atoms. The molecular weight excluding hydrogens is 352 g/mol. The smallest absolute Gasteiger partial charge is 0.257 e. The number of carbonyl (C=O) groups excluding carboxylic acids is 1. The molecule has 138 valence electrons. The topological polar surface area (TPSA) is 42.0 Å². The van der Waals surface area contributed by atoms with Crippen LogP contribution in [0, 0.1) is 0 Å². The van der Waals surface area contributed by atoms with Crippen LogP contribution in [0.1, 0.15) is 15.9 Å². The van der Waals surface area contributed by atoms with Gasteiger partial charge >= 0.3 is 0 Å². The molecule has 0 saturated carbocycles. The van der Waals surface area contributed by atoms with E-state index in [9.17, 15) is 4.79 Å². The van der Waals surface area contributed by atoms with Crippen LogP contribution >= 0.6 is 11.6 Å². The second-order valence-corrected chi connectivity index (χ2v) is 6.70. The minimum Gasteiger partial charge on any atom is -0.497 e. The first-order chi connectivity index (χ1) is 12.6. The standard InChI is InChI=1S/C20H23ClN2O3/c1-25-17-7-8-19(26-2)18(13-17)20(24)23-11-9-22(10-12-23)14-15-3-5-16(21)6-4-15/h3-8,13H,9-12,14H2,1-2H3. The van der Waals surface area contributed by atoms with E-state index in [1.165, 1.54) is 5.56 Å². The lowest BCUT2D eigenvalue weighted by Gasteiger charge is -2.35. The molecule has 1 aliphatic rings. The predicted octanol–water partition coefficient (Wildman–Crippen LogP) is 3.32. The molecule has 26 heavy (non-hydrogen) atoms. The fraction of sp³-hybridized carbons (Fsp3) is 0.350. The van der Waals surface area contributed by atoms with Gasteiger partial charge in [0.05, 0.1) is 19.8 Å². The lowest BCUT2D eigenvalue weighted by Crippen LogP contribution is -2.48. The van der Waals surface area contributed by atoms with Crippen molar-refractivity contribution in [1.82, 2.24) is 9.80 Å². The zero-order valence-corrected chi connectivity index (χ0v) is 15.8. The summed E-state index contributed by atoms with van der Waals surface area (Å²) >= 11 is 5.94. The van der Waals surface area contributed by atoms with Crippen molar-refractivity contribution in [3.05, 3.63) is 58.6 Å². The van der Waals surface area contributed by atoms with Gasteiger partial charge in [-0.3, -0.25) is 9.69 Å². The van der Waals surface area contributed by atoms with Crippen LogP contribution < -0.4 is 9.47 Å². The average Bonchev–Trinajstić information content (AvgIpc) is 2.69. The Kier molecular flexibility index (Phi) is 6.01. The summed E-state index contributed by atoms with van der Waals surface area (Å²) in [4.78, 5) is 17.1. The van der Waals surface area contributed by atoms with Gasteiger partial charge in [-0.05, 0) is 35.9 Å². The number of hydrogen-bond donors (Lipinski definition) is 0. The number of nitrogens with zero attached hydrogens (tertiary/aromatic N) is 2. The molecule has 1 fully saturated rings. The molecule has 3 rings (SSSR count). The average molecular weight is 375 g/mol. The maximum Gasteiger partial charge on any atom is 0.257 e. The third-order valence-electron chi connectivity index (χ3n) is 4.62. The zero-order chi connectivity index (χ0) is 18.5. The van der Waals surface area contributed by atoms with Gasteiger partial charge in [-0.2, -0.15) is 0 Å². The molecule has 0 aliphatic carbocycles. The zero-order valence-electron chi connectivity index (χ0n) is 15.1. The summed E-state index contributed by atoms with van der Waals surface area (Å²) in [6, 6.07) is 13.2. The summed E-state index contributed by atoms with van der Waals surface area (Å²) in [5.74, 6) is 1.20. The van der Waals surface area contributed by atoms with Crippen LogP contribution in [0.15, 0.2) is 42.5 Å². The second-order valence-electron chi connectivity index (χ2n) is 6.26. The van der Waals surface area contributed by atoms with Crippen molar-refractivity contribution in [2.45, 2.75) is 6.54 Å². The largest absolute Gasteiger partial charge is 0.497 e. The number of ether oxygens (including phenoxy) is 2. The van der Waals surface area contributed by atoms with Crippen molar-refractivity contribution in [2.75, 3.05) is 40.4 Å². The Balaban J connectivity index is 1.62. The third kappa shape index (κ3) is 4.29. The van der Waals surface area contributed by atoms with E-state index in [0.717, 1.165) is 24.7 Å². The second kappa shape index (κ2) is 8.43. The molecule has 5 nitrogen and oxygen atoms in total. The molecule has 6 heteroatoms. The summed E-state index contributed by atoms with van der Waals surface area (Å²) in [6.45, 7) is 3.91. The molecule has 0 N–H and O–H groups in total. The van der Waals surface area contributed by atoms with Crippen LogP contribution in [-0.2, 0) is 6.54 Å². The van der Waals surface area contributed by atoms with Crippen LogP contribution in [0.2, 0.25) is 5.02 Å². The number of benzene rings is 2. The van der Waals surface area contributed by atoms with E-state index in [1.54, 1.807) is 32.4 Å². The number of hydrogen-bond acceptors (Lipinski definition) is 4. The summed E-state index contributed by atoms with van der Waals surface area (Å²) in [7, 11) is 3.16. The first-order valence-electron chi connectivity index (χ1n) is 8.59. The van der Waals surface area contributed by atoms with Crippen LogP contribution in [0.5, 0.6) is 11.5 Å². The summed E-state index contributed by atoms with van der Waals surface area (Å²) in [5, 5.41) is 0.747. The number of carbonyl (C=O) groups is 1. The molecule has 1 saturated heterocycles. The minimum atomic E-state index is -0.0214. The lowest BCUT2D eigenvalue weighted by atomic mass is 10.1. The van der Waals surface area contributed by atoms with Gasteiger partial charge in [-0.1, -0.05) is 23.7 Å². The molecule has 1 heterocycles. The first-order valence-corrected chi connectivity index (χ1v) is 8.96. The van der Waals surface area contributed by atoms with Gasteiger partial charge in [0, 0.05) is 37.7 Å². The van der Waals surface area contributed by atoms with Gasteiger partial charge in [0.25, 0.3) is 5.91 Å². The monoisotopic (exact) mass is 374 g/mol. The van der Waals surface area contributed by atoms with E-state index in [4.69, 9.17) is 21.1 Å². The molecule has 0 unspecified atom stereocenters. The summed E-state index contributed by atoms with van der Waals surface area (Å²) in [5.41, 5.74) is 1.77. The number of amides is 1. The Morgan fingerprint density at radius 2 is 1.69 bits per heavy atom. The maximum atomic E-state index is 12.9. The quantitative estimate of drug-likeness (QED) is 0.805. The lowest BCUT2D eigenvalue weighted by molar-refractivity contribution is 0.0625. The van der Waals surface area contributed by atoms with Crippen LogP contribution in [0.4, 0.5) is 0 Å². The molecule has 0 spiro atoms. The SMILES string of the molecule is COc1ccc(OC)c(C(=O)N2CCN(Cc3ccc(Cl)cc3)CC2)c1. The molecule has 0 radical (unpaired) electrons. The van der Waals surface area contributed by atoms with Gasteiger partial charge in [0.2, 0.25) is 0 Å². The Hall–Kier alpha value is -2.24. The highest BCUT2D eigenvalue weighted by atomic mass is 35.5. The minimum absolute atomic E-state index is 0.0214. The summed E-state index contributed by atoms with van der Waals surface area (Å²) < 4.78 is 10.6. The fourth-order valence-corrected chi connectivity index (χ4v) is 3.23. The molecule has 2 aromatic carbocycles. The van der Waals surface area contributed by atoms with Crippen molar-refractivity contribution in [3.63, 3.8) is 0 Å². The number of piperazine rings is 1. The van der Waals surface area contributed by atoms with Crippen molar-refractivity contribution in [2.24, 2.45) is 0 Å². The number of methoxy groups -OCH3 is 2. The Bertz CT molecular complexity index is 756. The van der Waals surface area contributed by atoms with Crippen molar-refractivity contribution in [3.8, 4) is 11.5 Å². The van der Waals surface area contributed by atoms with Gasteiger partial charge in [0.15, 0.2) is 0 Å². The Labute approximate surface area is 159 Å².